The summed E-state index contributed by atoms with van der Waals surface area (Å²) in [7, 11) is 0. The Bertz CT molecular complexity index is 1080. The largest absolute Gasteiger partial charge is 0.484 e. The van der Waals surface area contributed by atoms with Crippen LogP contribution in [-0.4, -0.2) is 23.8 Å². The number of hydrogen-bond donors (Lipinski definition) is 2. The number of benzene rings is 1. The molecular formula is C25H29FN4O. The van der Waals surface area contributed by atoms with Crippen LogP contribution in [0.4, 0.5) is 4.39 Å². The van der Waals surface area contributed by atoms with Gasteiger partial charge < -0.3 is 15.8 Å². The SMILES string of the molecule is C=C(C)/C=C1\NCC(=CN)C(=NCC)c2cnc(C)c(c2)O[C@H](C)c2cc(F)ccc21. The lowest BCUT2D eigenvalue weighted by Crippen LogP contribution is -2.24. The van der Waals surface area contributed by atoms with Crippen LogP contribution in [0.15, 0.2) is 65.5 Å². The molecule has 0 saturated carbocycles. The molecule has 2 heterocycles. The lowest BCUT2D eigenvalue weighted by atomic mass is 9.97. The predicted octanol–water partition coefficient (Wildman–Crippen LogP) is 4.84. The minimum absolute atomic E-state index is 0.320. The maximum Gasteiger partial charge on any atom is 0.142 e. The highest BCUT2D eigenvalue weighted by Crippen LogP contribution is 2.31. The summed E-state index contributed by atoms with van der Waals surface area (Å²) in [6.45, 7) is 12.7. The number of nitrogens with two attached hydrogens (primary N) is 1. The van der Waals surface area contributed by atoms with Crippen molar-refractivity contribution in [3.63, 3.8) is 0 Å². The zero-order valence-corrected chi connectivity index (χ0v) is 18.5. The molecule has 0 fully saturated rings. The third-order valence-corrected chi connectivity index (χ3v) is 5.04. The van der Waals surface area contributed by atoms with E-state index in [1.165, 1.54) is 12.1 Å². The normalized spacial score (nSPS) is 20.4. The molecule has 6 heteroatoms. The Labute approximate surface area is 183 Å². The molecule has 3 rings (SSSR count). The summed E-state index contributed by atoms with van der Waals surface area (Å²) in [6, 6.07) is 6.63. The zero-order valence-electron chi connectivity index (χ0n) is 18.5. The Morgan fingerprint density at radius 3 is 2.87 bits per heavy atom. The summed E-state index contributed by atoms with van der Waals surface area (Å²) < 4.78 is 20.5. The topological polar surface area (TPSA) is 72.5 Å². The molecule has 0 aliphatic carbocycles. The standard InChI is InChI=1S/C25H29FN4O/c1-6-28-25-18-10-24(16(4)29-13-18)31-17(5)22-11-20(26)7-8-21(22)23(9-15(2)3)30-14-19(25)12-27/h7-13,17,30H,2,6,14,27H2,1,3-5H3/b19-12?,23-9-,28-25?/t17-/m1/s1. The van der Waals surface area contributed by atoms with Gasteiger partial charge in [0.15, 0.2) is 0 Å². The van der Waals surface area contributed by atoms with Crippen molar-refractivity contribution in [1.82, 2.24) is 10.3 Å². The van der Waals surface area contributed by atoms with Crippen LogP contribution in [0.2, 0.25) is 0 Å². The van der Waals surface area contributed by atoms with Crippen LogP contribution in [0.25, 0.3) is 5.70 Å². The molecule has 0 amide bonds. The molecule has 1 atom stereocenters. The average Bonchev–Trinajstić information content (AvgIpc) is 2.73. The van der Waals surface area contributed by atoms with E-state index in [-0.39, 0.29) is 5.82 Å². The predicted molar refractivity (Wildman–Crippen MR) is 125 cm³/mol. The zero-order chi connectivity index (χ0) is 22.5. The minimum Gasteiger partial charge on any atom is -0.484 e. The first-order valence-corrected chi connectivity index (χ1v) is 10.3. The number of halogens is 1. The molecule has 1 aliphatic rings. The second kappa shape index (κ2) is 9.60. The molecule has 1 aromatic carbocycles. The number of pyridine rings is 1. The van der Waals surface area contributed by atoms with Crippen molar-refractivity contribution in [2.24, 2.45) is 10.7 Å². The van der Waals surface area contributed by atoms with Gasteiger partial charge in [-0.3, -0.25) is 9.98 Å². The Kier molecular flexibility index (Phi) is 6.90. The third kappa shape index (κ3) is 5.02. The molecule has 2 aromatic rings. The quantitative estimate of drug-likeness (QED) is 0.729. The number of hydrogen-bond acceptors (Lipinski definition) is 5. The number of ether oxygens (including phenoxy) is 1. The maximum atomic E-state index is 14.2. The number of fused-ring (bicyclic) bond motifs is 3. The van der Waals surface area contributed by atoms with Crippen LogP contribution in [0.5, 0.6) is 5.75 Å². The third-order valence-electron chi connectivity index (χ3n) is 5.04. The van der Waals surface area contributed by atoms with Gasteiger partial charge in [0, 0.05) is 53.4 Å². The molecule has 31 heavy (non-hydrogen) atoms. The highest BCUT2D eigenvalue weighted by Gasteiger charge is 2.21. The van der Waals surface area contributed by atoms with Gasteiger partial charge >= 0.3 is 0 Å². The Morgan fingerprint density at radius 1 is 1.42 bits per heavy atom. The molecule has 0 radical (unpaired) electrons. The highest BCUT2D eigenvalue weighted by molar-refractivity contribution is 6.13. The molecule has 1 aliphatic heterocycles. The van der Waals surface area contributed by atoms with Crippen LogP contribution in [0.3, 0.4) is 0 Å². The number of allylic oxidation sites excluding steroid dienone is 2. The van der Waals surface area contributed by atoms with Gasteiger partial charge in [0.05, 0.1) is 11.4 Å². The van der Waals surface area contributed by atoms with E-state index in [0.29, 0.717) is 18.8 Å². The highest BCUT2D eigenvalue weighted by atomic mass is 19.1. The van der Waals surface area contributed by atoms with Crippen molar-refractivity contribution in [3.8, 4) is 5.75 Å². The first-order valence-electron chi connectivity index (χ1n) is 10.3. The summed E-state index contributed by atoms with van der Waals surface area (Å²) in [5.41, 5.74) is 12.4. The first kappa shape index (κ1) is 22.3. The molecular weight excluding hydrogens is 391 g/mol. The molecule has 0 unspecified atom stereocenters. The fourth-order valence-electron chi connectivity index (χ4n) is 3.55. The van der Waals surface area contributed by atoms with Crippen LogP contribution in [0.1, 0.15) is 49.3 Å². The van der Waals surface area contributed by atoms with Crippen LogP contribution < -0.4 is 15.8 Å². The lowest BCUT2D eigenvalue weighted by molar-refractivity contribution is 0.223. The van der Waals surface area contributed by atoms with Gasteiger partial charge in [-0.2, -0.15) is 0 Å². The number of nitrogens with zero attached hydrogens (tertiary/aromatic N) is 2. The summed E-state index contributed by atoms with van der Waals surface area (Å²) in [6.07, 6.45) is 4.86. The molecule has 1 aromatic heterocycles. The maximum absolute atomic E-state index is 14.2. The van der Waals surface area contributed by atoms with Gasteiger partial charge in [0.25, 0.3) is 0 Å². The van der Waals surface area contributed by atoms with Crippen molar-refractivity contribution in [1.29, 1.82) is 0 Å². The first-order chi connectivity index (χ1) is 14.8. The Balaban J connectivity index is 2.26. The van der Waals surface area contributed by atoms with E-state index >= 15 is 0 Å². The van der Waals surface area contributed by atoms with Gasteiger partial charge in [0.2, 0.25) is 0 Å². The average molecular weight is 421 g/mol. The molecule has 3 N–H and O–H groups in total. The fraction of sp³-hybridized carbons (Fsp3) is 0.280. The van der Waals surface area contributed by atoms with E-state index in [2.05, 4.69) is 21.9 Å². The molecule has 0 saturated heterocycles. The molecule has 162 valence electrons. The monoisotopic (exact) mass is 420 g/mol. The van der Waals surface area contributed by atoms with Gasteiger partial charge in [-0.05, 0) is 58.0 Å². The minimum atomic E-state index is -0.410. The van der Waals surface area contributed by atoms with E-state index in [1.54, 1.807) is 18.5 Å². The van der Waals surface area contributed by atoms with Crippen molar-refractivity contribution < 1.29 is 9.13 Å². The Hall–Kier alpha value is -3.41. The van der Waals surface area contributed by atoms with Crippen LogP contribution in [-0.2, 0) is 0 Å². The summed E-state index contributed by atoms with van der Waals surface area (Å²) in [4.78, 5) is 9.18. The summed E-state index contributed by atoms with van der Waals surface area (Å²) >= 11 is 0. The van der Waals surface area contributed by atoms with Crippen LogP contribution in [0, 0.1) is 12.7 Å². The number of rotatable bonds is 2. The molecule has 0 spiro atoms. The van der Waals surface area contributed by atoms with Crippen molar-refractivity contribution in [2.45, 2.75) is 33.8 Å². The van der Waals surface area contributed by atoms with Gasteiger partial charge in [-0.15, -0.1) is 0 Å². The van der Waals surface area contributed by atoms with E-state index < -0.39 is 6.10 Å². The second-order valence-electron chi connectivity index (χ2n) is 7.57. The lowest BCUT2D eigenvalue weighted by Gasteiger charge is -2.24. The number of nitrogens with one attached hydrogen (secondary N) is 1. The van der Waals surface area contributed by atoms with Crippen molar-refractivity contribution >= 4 is 11.4 Å². The van der Waals surface area contributed by atoms with E-state index in [1.807, 2.05) is 39.8 Å². The second-order valence-corrected chi connectivity index (χ2v) is 7.57. The number of aryl methyl sites for hydroxylation is 1. The molecule has 2 bridgehead atoms. The summed E-state index contributed by atoms with van der Waals surface area (Å²) in [5, 5.41) is 3.45. The number of aromatic nitrogens is 1. The number of aliphatic imine (C=N–C) groups is 1. The van der Waals surface area contributed by atoms with Gasteiger partial charge in [-0.1, -0.05) is 12.2 Å². The smallest absolute Gasteiger partial charge is 0.142 e. The van der Waals surface area contributed by atoms with Crippen LogP contribution >= 0.6 is 0 Å². The van der Waals surface area contributed by atoms with E-state index in [9.17, 15) is 4.39 Å². The fourth-order valence-corrected chi connectivity index (χ4v) is 3.55. The van der Waals surface area contributed by atoms with Gasteiger partial charge in [-0.25, -0.2) is 4.39 Å². The molecule has 5 nitrogen and oxygen atoms in total. The van der Waals surface area contributed by atoms with Gasteiger partial charge in [0.1, 0.15) is 17.7 Å². The van der Waals surface area contributed by atoms with E-state index in [0.717, 1.165) is 44.9 Å². The van der Waals surface area contributed by atoms with E-state index in [4.69, 9.17) is 10.5 Å². The van der Waals surface area contributed by atoms with Crippen molar-refractivity contribution in [2.75, 3.05) is 13.1 Å². The summed E-state index contributed by atoms with van der Waals surface area (Å²) in [5.74, 6) is 0.304. The Morgan fingerprint density at radius 2 is 2.19 bits per heavy atom. The van der Waals surface area contributed by atoms with Crippen molar-refractivity contribution in [3.05, 3.63) is 88.7 Å².